The molecular formula is C20H20F2N2O. The zero-order valence-corrected chi connectivity index (χ0v) is 13.8. The summed E-state index contributed by atoms with van der Waals surface area (Å²) in [6.07, 6.45) is 2.17. The Morgan fingerprint density at radius 2 is 1.92 bits per heavy atom. The van der Waals surface area contributed by atoms with E-state index in [0.717, 1.165) is 17.7 Å². The standard InChI is InChI=1S/C20H20F2N2O/c21-17-6-7-19(22)18(11-17)16-10-15(14-4-2-1-3-5-14)12-24(13-16)20(25)8-9-23/h1-7,10-11,15H,8-9,12-13,23H2. The van der Waals surface area contributed by atoms with Crippen molar-refractivity contribution in [2.24, 2.45) is 5.73 Å². The Morgan fingerprint density at radius 1 is 1.16 bits per heavy atom. The molecule has 0 saturated heterocycles. The molecule has 2 N–H and O–H groups in total. The SMILES string of the molecule is NCCC(=O)N1CC(c2cc(F)ccc2F)=CC(c2ccccc2)C1. The topological polar surface area (TPSA) is 46.3 Å². The van der Waals surface area contributed by atoms with E-state index in [1.807, 2.05) is 36.4 Å². The Hall–Kier alpha value is -2.53. The van der Waals surface area contributed by atoms with E-state index < -0.39 is 11.6 Å². The van der Waals surface area contributed by atoms with Crippen LogP contribution in [0.4, 0.5) is 8.78 Å². The second kappa shape index (κ2) is 7.57. The van der Waals surface area contributed by atoms with Crippen LogP contribution in [-0.2, 0) is 4.79 Å². The number of rotatable bonds is 4. The Kier molecular flexibility index (Phi) is 5.24. The van der Waals surface area contributed by atoms with Crippen molar-refractivity contribution in [1.29, 1.82) is 0 Å². The van der Waals surface area contributed by atoms with Crippen molar-refractivity contribution in [3.63, 3.8) is 0 Å². The smallest absolute Gasteiger partial charge is 0.224 e. The fourth-order valence-corrected chi connectivity index (χ4v) is 3.15. The largest absolute Gasteiger partial charge is 0.337 e. The lowest BCUT2D eigenvalue weighted by Crippen LogP contribution is -2.39. The third kappa shape index (κ3) is 3.94. The van der Waals surface area contributed by atoms with Crippen LogP contribution >= 0.6 is 0 Å². The van der Waals surface area contributed by atoms with Crippen molar-refractivity contribution < 1.29 is 13.6 Å². The summed E-state index contributed by atoms with van der Waals surface area (Å²) in [5.41, 5.74) is 7.34. The molecule has 0 saturated carbocycles. The zero-order valence-electron chi connectivity index (χ0n) is 13.8. The summed E-state index contributed by atoms with van der Waals surface area (Å²) >= 11 is 0. The number of carbonyl (C=O) groups excluding carboxylic acids is 1. The van der Waals surface area contributed by atoms with E-state index in [2.05, 4.69) is 0 Å². The fraction of sp³-hybridized carbons (Fsp3) is 0.250. The fourth-order valence-electron chi connectivity index (χ4n) is 3.15. The van der Waals surface area contributed by atoms with Gasteiger partial charge < -0.3 is 10.6 Å². The van der Waals surface area contributed by atoms with Gasteiger partial charge in [0.15, 0.2) is 0 Å². The van der Waals surface area contributed by atoms with Crippen LogP contribution in [0.15, 0.2) is 54.6 Å². The summed E-state index contributed by atoms with van der Waals surface area (Å²) in [5, 5.41) is 0. The molecule has 1 amide bonds. The number of halogens is 2. The molecule has 1 atom stereocenters. The molecule has 0 bridgehead atoms. The van der Waals surface area contributed by atoms with E-state index in [9.17, 15) is 13.6 Å². The molecule has 0 aromatic heterocycles. The summed E-state index contributed by atoms with van der Waals surface area (Å²) in [6, 6.07) is 13.1. The van der Waals surface area contributed by atoms with Gasteiger partial charge in [-0.05, 0) is 29.3 Å². The molecule has 2 aromatic carbocycles. The highest BCUT2D eigenvalue weighted by Crippen LogP contribution is 2.31. The first kappa shape index (κ1) is 17.3. The molecule has 0 spiro atoms. The number of hydrogen-bond donors (Lipinski definition) is 1. The predicted octanol–water partition coefficient (Wildman–Crippen LogP) is 3.32. The normalized spacial score (nSPS) is 17.3. The van der Waals surface area contributed by atoms with Gasteiger partial charge in [0, 0.05) is 37.5 Å². The van der Waals surface area contributed by atoms with Crippen molar-refractivity contribution in [3.05, 3.63) is 77.4 Å². The number of nitrogens with zero attached hydrogens (tertiary/aromatic N) is 1. The number of nitrogens with two attached hydrogens (primary N) is 1. The predicted molar refractivity (Wildman–Crippen MR) is 93.8 cm³/mol. The molecule has 130 valence electrons. The van der Waals surface area contributed by atoms with E-state index in [1.54, 1.807) is 4.90 Å². The monoisotopic (exact) mass is 342 g/mol. The van der Waals surface area contributed by atoms with E-state index in [0.29, 0.717) is 12.1 Å². The van der Waals surface area contributed by atoms with Crippen LogP contribution in [0, 0.1) is 11.6 Å². The molecule has 25 heavy (non-hydrogen) atoms. The molecule has 5 heteroatoms. The van der Waals surface area contributed by atoms with Gasteiger partial charge in [-0.1, -0.05) is 36.4 Å². The van der Waals surface area contributed by atoms with Gasteiger partial charge in [-0.3, -0.25) is 4.79 Å². The maximum atomic E-state index is 14.2. The van der Waals surface area contributed by atoms with Crippen LogP contribution in [0.5, 0.6) is 0 Å². The van der Waals surface area contributed by atoms with Crippen LogP contribution in [-0.4, -0.2) is 30.4 Å². The van der Waals surface area contributed by atoms with E-state index in [1.165, 1.54) is 6.07 Å². The van der Waals surface area contributed by atoms with Gasteiger partial charge in [0.1, 0.15) is 11.6 Å². The van der Waals surface area contributed by atoms with Gasteiger partial charge >= 0.3 is 0 Å². The molecule has 0 radical (unpaired) electrons. The highest BCUT2D eigenvalue weighted by Gasteiger charge is 2.26. The average Bonchev–Trinajstić information content (AvgIpc) is 2.64. The Morgan fingerprint density at radius 3 is 2.64 bits per heavy atom. The summed E-state index contributed by atoms with van der Waals surface area (Å²) in [5.74, 6) is -1.15. The highest BCUT2D eigenvalue weighted by atomic mass is 19.1. The van der Waals surface area contributed by atoms with E-state index in [4.69, 9.17) is 5.73 Å². The second-order valence-corrected chi connectivity index (χ2v) is 6.15. The van der Waals surface area contributed by atoms with Gasteiger partial charge in [0.05, 0.1) is 0 Å². The van der Waals surface area contributed by atoms with E-state index >= 15 is 0 Å². The Labute approximate surface area is 145 Å². The maximum Gasteiger partial charge on any atom is 0.224 e. The molecule has 1 unspecified atom stereocenters. The van der Waals surface area contributed by atoms with Crippen molar-refractivity contribution in [2.75, 3.05) is 19.6 Å². The van der Waals surface area contributed by atoms with Gasteiger partial charge in [0.2, 0.25) is 5.91 Å². The third-order valence-electron chi connectivity index (χ3n) is 4.39. The number of benzene rings is 2. The maximum absolute atomic E-state index is 14.2. The minimum absolute atomic E-state index is 0.0747. The van der Waals surface area contributed by atoms with Crippen molar-refractivity contribution in [2.45, 2.75) is 12.3 Å². The lowest BCUT2D eigenvalue weighted by Gasteiger charge is -2.33. The van der Waals surface area contributed by atoms with Crippen molar-refractivity contribution in [1.82, 2.24) is 4.90 Å². The molecule has 1 aliphatic rings. The molecule has 3 nitrogen and oxygen atoms in total. The summed E-state index contributed by atoms with van der Waals surface area (Å²) in [4.78, 5) is 14.0. The minimum atomic E-state index is -0.501. The molecular weight excluding hydrogens is 322 g/mol. The van der Waals surface area contributed by atoms with Gasteiger partial charge in [-0.25, -0.2) is 8.78 Å². The third-order valence-corrected chi connectivity index (χ3v) is 4.39. The number of hydrogen-bond acceptors (Lipinski definition) is 2. The van der Waals surface area contributed by atoms with Crippen LogP contribution < -0.4 is 5.73 Å². The average molecular weight is 342 g/mol. The summed E-state index contributed by atoms with van der Waals surface area (Å²) in [6.45, 7) is 1.02. The van der Waals surface area contributed by atoms with Crippen LogP contribution in [0.2, 0.25) is 0 Å². The summed E-state index contributed by atoms with van der Waals surface area (Å²) < 4.78 is 27.8. The Bertz CT molecular complexity index is 790. The minimum Gasteiger partial charge on any atom is -0.337 e. The number of carbonyl (C=O) groups is 1. The quantitative estimate of drug-likeness (QED) is 0.926. The van der Waals surface area contributed by atoms with Gasteiger partial charge in [0.25, 0.3) is 0 Å². The van der Waals surface area contributed by atoms with E-state index in [-0.39, 0.29) is 36.9 Å². The molecule has 0 aliphatic carbocycles. The van der Waals surface area contributed by atoms with Crippen molar-refractivity contribution >= 4 is 11.5 Å². The lowest BCUT2D eigenvalue weighted by molar-refractivity contribution is -0.130. The van der Waals surface area contributed by atoms with Crippen LogP contribution in [0.25, 0.3) is 5.57 Å². The first-order valence-corrected chi connectivity index (χ1v) is 8.27. The molecule has 2 aromatic rings. The Balaban J connectivity index is 2.00. The molecule has 0 fully saturated rings. The van der Waals surface area contributed by atoms with Crippen molar-refractivity contribution in [3.8, 4) is 0 Å². The second-order valence-electron chi connectivity index (χ2n) is 6.15. The highest BCUT2D eigenvalue weighted by molar-refractivity contribution is 5.81. The lowest BCUT2D eigenvalue weighted by atomic mass is 9.89. The molecule has 1 aliphatic heterocycles. The van der Waals surface area contributed by atoms with Crippen LogP contribution in [0.3, 0.4) is 0 Å². The van der Waals surface area contributed by atoms with Gasteiger partial charge in [-0.15, -0.1) is 0 Å². The first-order valence-electron chi connectivity index (χ1n) is 8.27. The first-order chi connectivity index (χ1) is 12.1. The van der Waals surface area contributed by atoms with Gasteiger partial charge in [-0.2, -0.15) is 0 Å². The number of amides is 1. The van der Waals surface area contributed by atoms with Crippen LogP contribution in [0.1, 0.15) is 23.5 Å². The summed E-state index contributed by atoms with van der Waals surface area (Å²) in [7, 11) is 0. The zero-order chi connectivity index (χ0) is 17.8. The molecule has 3 rings (SSSR count). The molecule has 1 heterocycles.